The molecule has 0 saturated carbocycles. The minimum Gasteiger partial charge on any atom is -0.357 e. The molecule has 36 heavy (non-hydrogen) atoms. The maximum atomic E-state index is 14.7. The Bertz CT molecular complexity index is 1430. The van der Waals surface area contributed by atoms with Crippen molar-refractivity contribution in [2.75, 3.05) is 31.2 Å². The predicted octanol–water partition coefficient (Wildman–Crippen LogP) is 0.220. The standard InChI is InChI=1S/C22H22FN11O2/c23-16-13-27-20(33-7-6-28-30-33)18-17(16)15(12-26-18)19(35)21(36)31-8-10-32(11-9-31)22(29-24)34(25)14-4-2-1-3-5-14/h1-7,12-13,26H,8-11,24-25H2/b29-22-. The fourth-order valence-electron chi connectivity index (χ4n) is 4.14. The Kier molecular flexibility index (Phi) is 6.00. The molecule has 5 rings (SSSR count). The summed E-state index contributed by atoms with van der Waals surface area (Å²) >= 11 is 0. The number of fused-ring (bicyclic) bond motifs is 1. The number of ketones is 1. The predicted molar refractivity (Wildman–Crippen MR) is 128 cm³/mol. The molecule has 1 aromatic carbocycles. The van der Waals surface area contributed by atoms with Crippen molar-refractivity contribution < 1.29 is 14.0 Å². The number of benzene rings is 1. The topological polar surface area (TPSA) is 168 Å². The number of amides is 1. The number of halogens is 1. The molecule has 0 atom stereocenters. The van der Waals surface area contributed by atoms with E-state index < -0.39 is 17.5 Å². The maximum Gasteiger partial charge on any atom is 0.295 e. The number of piperazine rings is 1. The first kappa shape index (κ1) is 22.9. The van der Waals surface area contributed by atoms with Crippen molar-refractivity contribution in [1.82, 2.24) is 34.8 Å². The van der Waals surface area contributed by atoms with E-state index in [0.717, 1.165) is 6.20 Å². The number of hydrazone groups is 1. The second-order valence-corrected chi connectivity index (χ2v) is 7.97. The van der Waals surface area contributed by atoms with Gasteiger partial charge in [0.15, 0.2) is 11.6 Å². The minimum atomic E-state index is -0.832. The average Bonchev–Trinajstić information content (AvgIpc) is 3.61. The number of para-hydroxylation sites is 1. The van der Waals surface area contributed by atoms with Crippen molar-refractivity contribution in [3.8, 4) is 5.82 Å². The molecular formula is C22H22FN11O2. The molecule has 1 fully saturated rings. The molecule has 0 aliphatic carbocycles. The first-order valence-corrected chi connectivity index (χ1v) is 11.0. The summed E-state index contributed by atoms with van der Waals surface area (Å²) in [6, 6.07) is 9.17. The Hall–Kier alpha value is -4.85. The molecule has 0 spiro atoms. The van der Waals surface area contributed by atoms with Crippen molar-refractivity contribution in [2.24, 2.45) is 16.8 Å². The van der Waals surface area contributed by atoms with Gasteiger partial charge in [-0.25, -0.2) is 24.9 Å². The van der Waals surface area contributed by atoms with Gasteiger partial charge in [-0.1, -0.05) is 23.4 Å². The van der Waals surface area contributed by atoms with Crippen molar-refractivity contribution in [3.05, 3.63) is 66.5 Å². The number of H-pyrrole nitrogens is 1. The first-order valence-electron chi connectivity index (χ1n) is 11.0. The number of hydrogen-bond donors (Lipinski definition) is 3. The molecule has 184 valence electrons. The zero-order valence-electron chi connectivity index (χ0n) is 19.0. The Labute approximate surface area is 203 Å². The molecule has 4 aromatic rings. The van der Waals surface area contributed by atoms with Crippen LogP contribution in [0.5, 0.6) is 0 Å². The van der Waals surface area contributed by atoms with E-state index in [2.05, 4.69) is 25.4 Å². The summed E-state index contributed by atoms with van der Waals surface area (Å²) in [7, 11) is 0. The summed E-state index contributed by atoms with van der Waals surface area (Å²) < 4.78 is 16.0. The number of nitrogens with two attached hydrogens (primary N) is 2. The van der Waals surface area contributed by atoms with Crippen LogP contribution in [0.3, 0.4) is 0 Å². The highest BCUT2D eigenvalue weighted by atomic mass is 19.1. The molecule has 4 heterocycles. The summed E-state index contributed by atoms with van der Waals surface area (Å²) in [5.74, 6) is 10.1. The van der Waals surface area contributed by atoms with E-state index in [9.17, 15) is 14.0 Å². The van der Waals surface area contributed by atoms with Crippen LogP contribution in [0.1, 0.15) is 10.4 Å². The normalized spacial score (nSPS) is 14.3. The van der Waals surface area contributed by atoms with E-state index in [1.165, 1.54) is 33.2 Å². The fraction of sp³-hybridized carbons (Fsp3) is 0.182. The van der Waals surface area contributed by atoms with E-state index in [4.69, 9.17) is 11.7 Å². The smallest absolute Gasteiger partial charge is 0.295 e. The molecule has 1 aliphatic rings. The molecule has 0 unspecified atom stereocenters. The number of hydrazine groups is 1. The fourth-order valence-corrected chi connectivity index (χ4v) is 4.14. The second kappa shape index (κ2) is 9.42. The zero-order chi connectivity index (χ0) is 25.2. The van der Waals surface area contributed by atoms with E-state index in [-0.39, 0.29) is 35.4 Å². The van der Waals surface area contributed by atoms with Gasteiger partial charge in [-0.2, -0.15) is 0 Å². The highest BCUT2D eigenvalue weighted by Crippen LogP contribution is 2.26. The van der Waals surface area contributed by atoms with Gasteiger partial charge in [0.05, 0.1) is 40.7 Å². The number of pyridine rings is 1. The number of anilines is 1. The minimum absolute atomic E-state index is 0.0355. The van der Waals surface area contributed by atoms with Crippen LogP contribution in [0.4, 0.5) is 10.1 Å². The molecule has 3 aromatic heterocycles. The number of aromatic amines is 1. The lowest BCUT2D eigenvalue weighted by Gasteiger charge is -2.38. The number of aromatic nitrogens is 5. The SMILES string of the molecule is N/N=C(/N1CCN(C(=O)C(=O)c2c[nH]c3c(-n4ccnn4)ncc(F)c23)CC1)N(N)c1ccccc1. The number of hydrogen-bond acceptors (Lipinski definition) is 8. The van der Waals surface area contributed by atoms with E-state index in [1.807, 2.05) is 35.2 Å². The van der Waals surface area contributed by atoms with Crippen molar-refractivity contribution in [3.63, 3.8) is 0 Å². The van der Waals surface area contributed by atoms with Gasteiger partial charge >= 0.3 is 0 Å². The maximum absolute atomic E-state index is 14.7. The number of Topliss-reactive ketones (excluding diaryl/α,β-unsaturated/α-hetero) is 1. The molecule has 0 bridgehead atoms. The summed E-state index contributed by atoms with van der Waals surface area (Å²) in [6.45, 7) is 1.14. The van der Waals surface area contributed by atoms with Gasteiger partial charge in [-0.3, -0.25) is 9.59 Å². The van der Waals surface area contributed by atoms with E-state index >= 15 is 0 Å². The van der Waals surface area contributed by atoms with E-state index in [0.29, 0.717) is 24.7 Å². The monoisotopic (exact) mass is 491 g/mol. The van der Waals surface area contributed by atoms with Gasteiger partial charge in [0.1, 0.15) is 0 Å². The second-order valence-electron chi connectivity index (χ2n) is 7.97. The third-order valence-corrected chi connectivity index (χ3v) is 5.94. The number of nitrogens with one attached hydrogen (secondary N) is 1. The molecule has 5 N–H and O–H groups in total. The Morgan fingerprint density at radius 1 is 1.11 bits per heavy atom. The van der Waals surface area contributed by atoms with Crippen LogP contribution in [0, 0.1) is 5.82 Å². The average molecular weight is 491 g/mol. The molecular weight excluding hydrogens is 469 g/mol. The van der Waals surface area contributed by atoms with Crippen LogP contribution in [-0.4, -0.2) is 78.6 Å². The summed E-state index contributed by atoms with van der Waals surface area (Å²) in [5, 5.41) is 12.7. The number of guanidine groups is 1. The lowest BCUT2D eigenvalue weighted by atomic mass is 10.1. The van der Waals surface area contributed by atoms with Gasteiger partial charge in [0.25, 0.3) is 11.7 Å². The largest absolute Gasteiger partial charge is 0.357 e. The molecule has 1 amide bonds. The third-order valence-electron chi connectivity index (χ3n) is 5.94. The molecule has 14 heteroatoms. The number of carbonyl (C=O) groups is 2. The lowest BCUT2D eigenvalue weighted by molar-refractivity contribution is -0.127. The number of rotatable bonds is 4. The molecule has 1 aliphatic heterocycles. The lowest BCUT2D eigenvalue weighted by Crippen LogP contribution is -2.57. The van der Waals surface area contributed by atoms with Gasteiger partial charge in [0.2, 0.25) is 5.96 Å². The van der Waals surface area contributed by atoms with Crippen LogP contribution in [0.15, 0.2) is 60.2 Å². The van der Waals surface area contributed by atoms with Crippen molar-refractivity contribution in [2.45, 2.75) is 0 Å². The van der Waals surface area contributed by atoms with Crippen LogP contribution in [-0.2, 0) is 4.79 Å². The van der Waals surface area contributed by atoms with Gasteiger partial charge in [-0.15, -0.1) is 10.2 Å². The van der Waals surface area contributed by atoms with Crippen molar-refractivity contribution >= 4 is 34.2 Å². The molecule has 13 nitrogen and oxygen atoms in total. The zero-order valence-corrected chi connectivity index (χ0v) is 19.0. The van der Waals surface area contributed by atoms with Gasteiger partial charge in [0, 0.05) is 32.4 Å². The van der Waals surface area contributed by atoms with Crippen LogP contribution >= 0.6 is 0 Å². The molecule has 1 saturated heterocycles. The van der Waals surface area contributed by atoms with Crippen molar-refractivity contribution in [1.29, 1.82) is 0 Å². The van der Waals surface area contributed by atoms with Crippen LogP contribution in [0.2, 0.25) is 0 Å². The van der Waals surface area contributed by atoms with E-state index in [1.54, 1.807) is 0 Å². The highest BCUT2D eigenvalue weighted by Gasteiger charge is 2.31. The highest BCUT2D eigenvalue weighted by molar-refractivity contribution is 6.45. The van der Waals surface area contributed by atoms with Gasteiger partial charge < -0.3 is 20.6 Å². The Morgan fingerprint density at radius 2 is 1.83 bits per heavy atom. The summed E-state index contributed by atoms with van der Waals surface area (Å²) in [5.41, 5.74) is 0.839. The third kappa shape index (κ3) is 3.98. The quantitative estimate of drug-likeness (QED) is 0.0903. The summed E-state index contributed by atoms with van der Waals surface area (Å²) in [4.78, 5) is 36.3. The summed E-state index contributed by atoms with van der Waals surface area (Å²) in [6.07, 6.45) is 5.26. The van der Waals surface area contributed by atoms with Crippen LogP contribution < -0.4 is 16.7 Å². The first-order chi connectivity index (χ1) is 17.5. The number of carbonyl (C=O) groups excluding carboxylic acids is 2. The Morgan fingerprint density at radius 3 is 2.50 bits per heavy atom. The van der Waals surface area contributed by atoms with Gasteiger partial charge in [-0.05, 0) is 12.1 Å². The number of nitrogens with zero attached hydrogens (tertiary/aromatic N) is 8. The molecule has 0 radical (unpaired) electrons. The Balaban J connectivity index is 1.31. The van der Waals surface area contributed by atoms with Crippen LogP contribution in [0.25, 0.3) is 16.7 Å².